The van der Waals surface area contributed by atoms with Gasteiger partial charge in [0.05, 0.1) is 13.2 Å². The number of esters is 1. The van der Waals surface area contributed by atoms with Gasteiger partial charge in [0.2, 0.25) is 5.91 Å². The second kappa shape index (κ2) is 37.4. The lowest BCUT2D eigenvalue weighted by molar-refractivity contribution is -0.147. The van der Waals surface area contributed by atoms with Gasteiger partial charge in [0.25, 0.3) is 0 Å². The fraction of sp³-hybridized carbons (Fsp3) is 0.927. The van der Waals surface area contributed by atoms with Gasteiger partial charge in [-0.2, -0.15) is 0 Å². The van der Waals surface area contributed by atoms with Gasteiger partial charge in [-0.25, -0.2) is 9.36 Å². The summed E-state index contributed by atoms with van der Waals surface area (Å²) in [4.78, 5) is 45.7. The number of carboxylic acids is 1. The monoisotopic (exact) mass is 778 g/mol. The Labute approximate surface area is 323 Å². The summed E-state index contributed by atoms with van der Waals surface area (Å²) < 4.78 is 26.8. The highest BCUT2D eigenvalue weighted by Crippen LogP contribution is 2.43. The van der Waals surface area contributed by atoms with E-state index in [2.05, 4.69) is 19.2 Å². The van der Waals surface area contributed by atoms with Gasteiger partial charge in [0, 0.05) is 12.8 Å². The molecule has 3 unspecified atom stereocenters. The van der Waals surface area contributed by atoms with Crippen molar-refractivity contribution in [2.75, 3.05) is 19.8 Å². The van der Waals surface area contributed by atoms with Crippen LogP contribution < -0.4 is 5.32 Å². The molecule has 314 valence electrons. The van der Waals surface area contributed by atoms with Crippen LogP contribution in [0.5, 0.6) is 0 Å². The number of carbonyl (C=O) groups is 3. The van der Waals surface area contributed by atoms with Gasteiger partial charge in [0.15, 0.2) is 6.04 Å². The first-order valence-corrected chi connectivity index (χ1v) is 23.1. The van der Waals surface area contributed by atoms with E-state index in [0.717, 1.165) is 38.5 Å². The van der Waals surface area contributed by atoms with Crippen LogP contribution in [0.1, 0.15) is 213 Å². The second-order valence-electron chi connectivity index (χ2n) is 14.9. The standard InChI is InChI=1S/C41H80NO10P/c1-3-5-7-9-11-13-15-16-17-18-19-20-21-22-23-25-27-29-31-33-40(45)50-34-37(43)35-51-53(48,49)52-36-38(41(46)47)42-39(44)32-30-28-26-24-14-12-10-8-6-4-2/h37-38,43H,3-36H2,1-2H3,(H,42,44)(H,46,47)(H,48,49). The molecule has 0 aliphatic carbocycles. The molecule has 0 heterocycles. The Hall–Kier alpha value is -1.52. The van der Waals surface area contributed by atoms with E-state index in [9.17, 15) is 34.1 Å². The highest BCUT2D eigenvalue weighted by molar-refractivity contribution is 7.47. The number of phosphoric ester groups is 1. The molecular formula is C41H80NO10P. The molecule has 12 heteroatoms. The molecule has 0 aromatic heterocycles. The van der Waals surface area contributed by atoms with Gasteiger partial charge in [-0.1, -0.05) is 187 Å². The molecule has 0 aromatic rings. The number of carboxylic acid groups (broad SMARTS) is 1. The number of ether oxygens (including phenoxy) is 1. The number of hydrogen-bond acceptors (Lipinski definition) is 8. The van der Waals surface area contributed by atoms with Crippen molar-refractivity contribution < 1.29 is 47.8 Å². The fourth-order valence-electron chi connectivity index (χ4n) is 6.26. The zero-order chi connectivity index (χ0) is 39.3. The third kappa shape index (κ3) is 37.2. The van der Waals surface area contributed by atoms with Gasteiger partial charge < -0.3 is 25.2 Å². The average molecular weight is 778 g/mol. The van der Waals surface area contributed by atoms with E-state index >= 15 is 0 Å². The van der Waals surface area contributed by atoms with E-state index in [4.69, 9.17) is 13.8 Å². The molecular weight excluding hydrogens is 697 g/mol. The van der Waals surface area contributed by atoms with Gasteiger partial charge in [-0.05, 0) is 12.8 Å². The molecule has 0 aliphatic heterocycles. The Kier molecular flexibility index (Phi) is 36.3. The molecule has 11 nitrogen and oxygen atoms in total. The van der Waals surface area contributed by atoms with E-state index in [0.29, 0.717) is 12.8 Å². The summed E-state index contributed by atoms with van der Waals surface area (Å²) in [5, 5.41) is 21.8. The Morgan fingerprint density at radius 2 is 0.868 bits per heavy atom. The number of unbranched alkanes of at least 4 members (excludes halogenated alkanes) is 27. The summed E-state index contributed by atoms with van der Waals surface area (Å²) in [6.45, 7) is 2.59. The molecule has 0 fully saturated rings. The van der Waals surface area contributed by atoms with Crippen molar-refractivity contribution in [2.24, 2.45) is 0 Å². The van der Waals surface area contributed by atoms with Crippen LogP contribution in [0.4, 0.5) is 0 Å². The van der Waals surface area contributed by atoms with Crippen LogP contribution in [0.15, 0.2) is 0 Å². The van der Waals surface area contributed by atoms with Crippen LogP contribution in [-0.2, 0) is 32.7 Å². The SMILES string of the molecule is CCCCCCCCCCCCCCCCCCCCCC(=O)OCC(O)COP(=O)(O)OCC(NC(=O)CCCCCCCCCCCC)C(=O)O. The lowest BCUT2D eigenvalue weighted by Gasteiger charge is -2.18. The zero-order valence-corrected chi connectivity index (χ0v) is 34.7. The second-order valence-corrected chi connectivity index (χ2v) is 16.4. The molecule has 0 saturated heterocycles. The summed E-state index contributed by atoms with van der Waals surface area (Å²) in [7, 11) is -4.74. The van der Waals surface area contributed by atoms with Crippen molar-refractivity contribution in [3.05, 3.63) is 0 Å². The number of aliphatic hydroxyl groups excluding tert-OH is 1. The van der Waals surface area contributed by atoms with Gasteiger partial charge in [0.1, 0.15) is 12.7 Å². The van der Waals surface area contributed by atoms with Crippen LogP contribution in [0, 0.1) is 0 Å². The third-order valence-electron chi connectivity index (χ3n) is 9.65. The Morgan fingerprint density at radius 3 is 1.25 bits per heavy atom. The number of hydrogen-bond donors (Lipinski definition) is 4. The highest BCUT2D eigenvalue weighted by Gasteiger charge is 2.28. The van der Waals surface area contributed by atoms with E-state index < -0.39 is 57.6 Å². The van der Waals surface area contributed by atoms with Crippen molar-refractivity contribution in [1.29, 1.82) is 0 Å². The maximum atomic E-state index is 12.2. The van der Waals surface area contributed by atoms with Crippen LogP contribution in [0.3, 0.4) is 0 Å². The number of aliphatic hydroxyl groups is 1. The van der Waals surface area contributed by atoms with Crippen LogP contribution >= 0.6 is 7.82 Å². The summed E-state index contributed by atoms with van der Waals surface area (Å²) in [5.41, 5.74) is 0. The number of rotatable bonds is 41. The number of nitrogens with one attached hydrogen (secondary N) is 1. The number of amides is 1. The predicted octanol–water partition coefficient (Wildman–Crippen LogP) is 10.7. The summed E-state index contributed by atoms with van der Waals surface area (Å²) in [5.74, 6) is -2.36. The summed E-state index contributed by atoms with van der Waals surface area (Å²) in [6.07, 6.45) is 34.3. The Morgan fingerprint density at radius 1 is 0.528 bits per heavy atom. The van der Waals surface area contributed by atoms with Crippen molar-refractivity contribution in [1.82, 2.24) is 5.32 Å². The molecule has 4 N–H and O–H groups in total. The summed E-state index contributed by atoms with van der Waals surface area (Å²) in [6, 6.07) is -1.54. The molecule has 53 heavy (non-hydrogen) atoms. The highest BCUT2D eigenvalue weighted by atomic mass is 31.2. The number of aliphatic carboxylic acids is 1. The first-order chi connectivity index (χ1) is 25.6. The molecule has 0 saturated carbocycles. The fourth-order valence-corrected chi connectivity index (χ4v) is 7.03. The third-order valence-corrected chi connectivity index (χ3v) is 10.6. The topological polar surface area (TPSA) is 169 Å². The first-order valence-electron chi connectivity index (χ1n) is 21.6. The minimum absolute atomic E-state index is 0.151. The number of phosphoric acid groups is 1. The largest absolute Gasteiger partial charge is 0.480 e. The molecule has 0 radical (unpaired) electrons. The van der Waals surface area contributed by atoms with E-state index in [1.807, 2.05) is 0 Å². The Balaban J connectivity index is 3.81. The zero-order valence-electron chi connectivity index (χ0n) is 33.8. The summed E-state index contributed by atoms with van der Waals surface area (Å²) >= 11 is 0. The minimum Gasteiger partial charge on any atom is -0.480 e. The van der Waals surface area contributed by atoms with Crippen molar-refractivity contribution >= 4 is 25.7 Å². The molecule has 3 atom stereocenters. The van der Waals surface area contributed by atoms with Crippen molar-refractivity contribution in [3.63, 3.8) is 0 Å². The molecule has 1 amide bonds. The molecule has 0 spiro atoms. The quantitative estimate of drug-likeness (QED) is 0.0266. The van der Waals surface area contributed by atoms with Gasteiger partial charge >= 0.3 is 19.8 Å². The number of carbonyl (C=O) groups excluding carboxylic acids is 2. The molecule has 0 bridgehead atoms. The maximum Gasteiger partial charge on any atom is 0.472 e. The van der Waals surface area contributed by atoms with Crippen LogP contribution in [0.2, 0.25) is 0 Å². The van der Waals surface area contributed by atoms with Crippen LogP contribution in [0.25, 0.3) is 0 Å². The molecule has 0 aromatic carbocycles. The van der Waals surface area contributed by atoms with Crippen molar-refractivity contribution in [2.45, 2.75) is 225 Å². The minimum atomic E-state index is -4.74. The average Bonchev–Trinajstić information content (AvgIpc) is 3.13. The van der Waals surface area contributed by atoms with Crippen molar-refractivity contribution in [3.8, 4) is 0 Å². The van der Waals surface area contributed by atoms with E-state index in [1.165, 1.54) is 135 Å². The first kappa shape index (κ1) is 51.5. The lowest BCUT2D eigenvalue weighted by atomic mass is 10.0. The normalized spacial score (nSPS) is 13.7. The molecule has 0 aliphatic rings. The predicted molar refractivity (Wildman–Crippen MR) is 213 cm³/mol. The Bertz CT molecular complexity index is 921. The van der Waals surface area contributed by atoms with E-state index in [1.54, 1.807) is 0 Å². The maximum absolute atomic E-state index is 12.2. The van der Waals surface area contributed by atoms with Gasteiger partial charge in [-0.15, -0.1) is 0 Å². The lowest BCUT2D eigenvalue weighted by Crippen LogP contribution is -2.43. The molecule has 0 rings (SSSR count). The van der Waals surface area contributed by atoms with Crippen LogP contribution in [-0.4, -0.2) is 64.9 Å². The smallest absolute Gasteiger partial charge is 0.472 e. The van der Waals surface area contributed by atoms with Gasteiger partial charge in [-0.3, -0.25) is 18.6 Å². The van der Waals surface area contributed by atoms with E-state index in [-0.39, 0.29) is 12.8 Å².